The Bertz CT molecular complexity index is 547. The van der Waals surface area contributed by atoms with Gasteiger partial charge >= 0.3 is 0 Å². The molecule has 1 amide bonds. The van der Waals surface area contributed by atoms with E-state index in [2.05, 4.69) is 11.9 Å². The summed E-state index contributed by atoms with van der Waals surface area (Å²) < 4.78 is 13.6. The second-order valence-corrected chi connectivity index (χ2v) is 5.23. The summed E-state index contributed by atoms with van der Waals surface area (Å²) in [5.41, 5.74) is 2.73. The van der Waals surface area contributed by atoms with Crippen molar-refractivity contribution < 1.29 is 14.4 Å². The highest BCUT2D eigenvalue weighted by molar-refractivity contribution is 6.30. The molecule has 0 aliphatic rings. The lowest BCUT2D eigenvalue weighted by molar-refractivity contribution is -0.129. The fourth-order valence-electron chi connectivity index (χ4n) is 1.78. The molecule has 120 valence electrons. The third-order valence-electron chi connectivity index (χ3n) is 2.98. The number of hydroxylamine groups is 1. The van der Waals surface area contributed by atoms with Gasteiger partial charge in [-0.2, -0.15) is 0 Å². The van der Waals surface area contributed by atoms with Crippen molar-refractivity contribution in [3.63, 3.8) is 0 Å². The quantitative estimate of drug-likeness (QED) is 0.281. The van der Waals surface area contributed by atoms with E-state index in [-0.39, 0.29) is 11.7 Å². The third kappa shape index (κ3) is 7.24. The predicted octanol–water partition coefficient (Wildman–Crippen LogP) is 3.66. The Morgan fingerprint density at radius 3 is 2.82 bits per heavy atom. The molecule has 0 heterocycles. The molecule has 0 aliphatic heterocycles. The fourth-order valence-corrected chi connectivity index (χ4v) is 1.94. The number of carbonyl (C=O) groups excluding carboxylic acids is 1. The van der Waals surface area contributed by atoms with Crippen LogP contribution in [-0.4, -0.2) is 17.7 Å². The molecule has 1 rings (SSSR count). The molecule has 0 atom stereocenters. The van der Waals surface area contributed by atoms with E-state index in [0.29, 0.717) is 35.7 Å². The molecule has 3 N–H and O–H groups in total. The minimum Gasteiger partial charge on any atom is -0.386 e. The lowest BCUT2D eigenvalue weighted by Gasteiger charge is -2.06. The number of hydrogen-bond acceptors (Lipinski definition) is 3. The summed E-state index contributed by atoms with van der Waals surface area (Å²) >= 11 is 5.69. The first-order valence-corrected chi connectivity index (χ1v) is 7.39. The molecule has 0 aromatic heterocycles. The van der Waals surface area contributed by atoms with Crippen LogP contribution >= 0.6 is 11.6 Å². The molecule has 1 aromatic carbocycles. The largest absolute Gasteiger partial charge is 0.386 e. The van der Waals surface area contributed by atoms with Crippen LogP contribution in [0.1, 0.15) is 31.2 Å². The minimum atomic E-state index is -0.376. The predicted molar refractivity (Wildman–Crippen MR) is 86.0 cm³/mol. The van der Waals surface area contributed by atoms with E-state index in [1.165, 1.54) is 6.07 Å². The summed E-state index contributed by atoms with van der Waals surface area (Å²) in [6.07, 6.45) is 6.10. The van der Waals surface area contributed by atoms with E-state index in [1.54, 1.807) is 29.8 Å². The number of hydrogen-bond donors (Lipinski definition) is 3. The Labute approximate surface area is 134 Å². The van der Waals surface area contributed by atoms with Gasteiger partial charge in [0.2, 0.25) is 5.91 Å². The van der Waals surface area contributed by atoms with E-state index in [4.69, 9.17) is 16.8 Å². The number of unbranched alkanes of at least 4 members (excludes halogenated alkanes) is 2. The van der Waals surface area contributed by atoms with Crippen molar-refractivity contribution in [1.82, 2.24) is 10.8 Å². The van der Waals surface area contributed by atoms with Gasteiger partial charge in [0.15, 0.2) is 0 Å². The monoisotopic (exact) mass is 326 g/mol. The summed E-state index contributed by atoms with van der Waals surface area (Å²) in [7, 11) is 0. The molecule has 0 fully saturated rings. The first-order valence-electron chi connectivity index (χ1n) is 7.02. The second-order valence-electron chi connectivity index (χ2n) is 4.80. The van der Waals surface area contributed by atoms with Gasteiger partial charge in [-0.15, -0.1) is 0 Å². The number of benzene rings is 1. The van der Waals surface area contributed by atoms with Crippen molar-refractivity contribution in [2.45, 2.75) is 25.7 Å². The van der Waals surface area contributed by atoms with Gasteiger partial charge in [0.05, 0.1) is 0 Å². The lowest BCUT2D eigenvalue weighted by Crippen LogP contribution is -2.18. The van der Waals surface area contributed by atoms with Gasteiger partial charge < -0.3 is 5.32 Å². The number of amides is 1. The summed E-state index contributed by atoms with van der Waals surface area (Å²) in [5, 5.41) is 11.8. The standard InChI is InChI=1S/C16H20ClFN2O2/c1-12(19-10-4-2-3-5-16(21)20-22)6-7-13-8-9-14(17)11-15(13)18/h6-9,11,19,22H,1-5,10H2,(H,20,21)/b7-6+. The van der Waals surface area contributed by atoms with Gasteiger partial charge in [0, 0.05) is 29.2 Å². The molecule has 0 spiro atoms. The number of nitrogens with one attached hydrogen (secondary N) is 2. The van der Waals surface area contributed by atoms with E-state index in [9.17, 15) is 9.18 Å². The molecule has 6 heteroatoms. The Hall–Kier alpha value is -1.85. The lowest BCUT2D eigenvalue weighted by atomic mass is 10.2. The van der Waals surface area contributed by atoms with Gasteiger partial charge in [-0.05, 0) is 31.1 Å². The van der Waals surface area contributed by atoms with Crippen LogP contribution in [0.25, 0.3) is 6.08 Å². The summed E-state index contributed by atoms with van der Waals surface area (Å²) in [4.78, 5) is 10.8. The van der Waals surface area contributed by atoms with Gasteiger partial charge in [0.1, 0.15) is 5.82 Å². The highest BCUT2D eigenvalue weighted by Crippen LogP contribution is 2.16. The van der Waals surface area contributed by atoms with Crippen molar-refractivity contribution in [3.05, 3.63) is 53.0 Å². The number of allylic oxidation sites excluding steroid dienone is 1. The molecule has 0 aliphatic carbocycles. The maximum absolute atomic E-state index is 13.6. The summed E-state index contributed by atoms with van der Waals surface area (Å²) in [6.45, 7) is 4.55. The minimum absolute atomic E-state index is 0.313. The Kier molecular flexibility index (Phi) is 8.25. The van der Waals surface area contributed by atoms with Gasteiger partial charge in [-0.1, -0.05) is 36.7 Å². The topological polar surface area (TPSA) is 61.4 Å². The highest BCUT2D eigenvalue weighted by Gasteiger charge is 2.00. The van der Waals surface area contributed by atoms with Crippen LogP contribution in [0.5, 0.6) is 0 Å². The van der Waals surface area contributed by atoms with E-state index >= 15 is 0 Å². The maximum Gasteiger partial charge on any atom is 0.243 e. The SMILES string of the molecule is C=C(/C=C/c1ccc(Cl)cc1F)NCCCCCC(=O)NO. The summed E-state index contributed by atoms with van der Waals surface area (Å²) in [6, 6.07) is 4.50. The van der Waals surface area contributed by atoms with Crippen LogP contribution in [0, 0.1) is 5.82 Å². The molecule has 4 nitrogen and oxygen atoms in total. The molecule has 0 saturated heterocycles. The Morgan fingerprint density at radius 2 is 2.14 bits per heavy atom. The van der Waals surface area contributed by atoms with Crippen LogP contribution in [0.4, 0.5) is 4.39 Å². The highest BCUT2D eigenvalue weighted by atomic mass is 35.5. The van der Waals surface area contributed by atoms with E-state index in [1.807, 2.05) is 0 Å². The fraction of sp³-hybridized carbons (Fsp3) is 0.312. The van der Waals surface area contributed by atoms with Crippen molar-refractivity contribution in [2.24, 2.45) is 0 Å². The summed E-state index contributed by atoms with van der Waals surface area (Å²) in [5.74, 6) is -0.746. The van der Waals surface area contributed by atoms with E-state index in [0.717, 1.165) is 12.8 Å². The van der Waals surface area contributed by atoms with Crippen molar-refractivity contribution >= 4 is 23.6 Å². The van der Waals surface area contributed by atoms with Crippen LogP contribution in [0.15, 0.2) is 36.6 Å². The van der Waals surface area contributed by atoms with Gasteiger partial charge in [-0.3, -0.25) is 10.0 Å². The molecule has 0 bridgehead atoms. The number of rotatable bonds is 9. The Morgan fingerprint density at radius 1 is 1.36 bits per heavy atom. The van der Waals surface area contributed by atoms with Gasteiger partial charge in [-0.25, -0.2) is 9.87 Å². The van der Waals surface area contributed by atoms with Crippen LogP contribution in [-0.2, 0) is 4.79 Å². The van der Waals surface area contributed by atoms with Crippen LogP contribution in [0.2, 0.25) is 5.02 Å². The Balaban J connectivity index is 2.23. The van der Waals surface area contributed by atoms with Crippen LogP contribution in [0.3, 0.4) is 0 Å². The third-order valence-corrected chi connectivity index (χ3v) is 3.22. The van der Waals surface area contributed by atoms with Gasteiger partial charge in [0.25, 0.3) is 0 Å². The first-order chi connectivity index (χ1) is 10.5. The normalized spacial score (nSPS) is 10.7. The smallest absolute Gasteiger partial charge is 0.243 e. The maximum atomic E-state index is 13.6. The average molecular weight is 327 g/mol. The molecular formula is C16H20ClFN2O2. The molecule has 0 unspecified atom stereocenters. The molecule has 1 aromatic rings. The number of halogens is 2. The van der Waals surface area contributed by atoms with Crippen LogP contribution < -0.4 is 10.8 Å². The average Bonchev–Trinajstić information content (AvgIpc) is 2.49. The second kappa shape index (κ2) is 9.97. The zero-order chi connectivity index (χ0) is 16.4. The van der Waals surface area contributed by atoms with Crippen molar-refractivity contribution in [3.8, 4) is 0 Å². The van der Waals surface area contributed by atoms with E-state index < -0.39 is 0 Å². The molecule has 0 saturated carbocycles. The molecule has 0 radical (unpaired) electrons. The number of carbonyl (C=O) groups is 1. The molecular weight excluding hydrogens is 307 g/mol. The zero-order valence-electron chi connectivity index (χ0n) is 12.2. The van der Waals surface area contributed by atoms with Crippen molar-refractivity contribution in [2.75, 3.05) is 6.54 Å². The van der Waals surface area contributed by atoms with Crippen molar-refractivity contribution in [1.29, 1.82) is 0 Å². The zero-order valence-corrected chi connectivity index (χ0v) is 13.0. The molecule has 22 heavy (non-hydrogen) atoms. The first kappa shape index (κ1) is 18.2.